The summed E-state index contributed by atoms with van der Waals surface area (Å²) in [4.78, 5) is 19.9. The number of hydrogen-bond acceptors (Lipinski definition) is 6. The van der Waals surface area contributed by atoms with Gasteiger partial charge in [-0.3, -0.25) is 9.69 Å². The number of carbonyl (C=O) groups excluding carboxylic acids is 1. The largest absolute Gasteiger partial charge is 0.467 e. The van der Waals surface area contributed by atoms with Crippen LogP contribution >= 0.6 is 11.3 Å². The van der Waals surface area contributed by atoms with Crippen LogP contribution in [0.3, 0.4) is 0 Å². The van der Waals surface area contributed by atoms with Crippen molar-refractivity contribution in [2.45, 2.75) is 25.3 Å². The number of sulfonamides is 1. The van der Waals surface area contributed by atoms with Crippen molar-refractivity contribution < 1.29 is 17.6 Å². The Morgan fingerprint density at radius 2 is 1.81 bits per heavy atom. The molecule has 2 aromatic carbocycles. The second-order valence-electron chi connectivity index (χ2n) is 7.71. The van der Waals surface area contributed by atoms with E-state index < -0.39 is 10.0 Å². The number of benzene rings is 2. The average Bonchev–Trinajstić information content (AvgIpc) is 3.41. The second kappa shape index (κ2) is 8.50. The van der Waals surface area contributed by atoms with E-state index in [9.17, 15) is 13.2 Å². The fraction of sp³-hybridized carbons (Fsp3) is 0.217. The topological polar surface area (TPSA) is 83.7 Å². The first-order chi connectivity index (χ1) is 15.2. The lowest BCUT2D eigenvalue weighted by molar-refractivity contribution is 0.0983. The normalized spacial score (nSPS) is 11.9. The van der Waals surface area contributed by atoms with Crippen molar-refractivity contribution in [3.05, 3.63) is 77.2 Å². The molecule has 2 heterocycles. The number of nitrogens with zero attached hydrogens (tertiary/aromatic N) is 3. The van der Waals surface area contributed by atoms with Gasteiger partial charge in [-0.25, -0.2) is 17.7 Å². The molecule has 0 bridgehead atoms. The van der Waals surface area contributed by atoms with Crippen LogP contribution in [0.2, 0.25) is 0 Å². The molecule has 0 fully saturated rings. The summed E-state index contributed by atoms with van der Waals surface area (Å²) in [6, 6.07) is 13.6. The second-order valence-corrected chi connectivity index (χ2v) is 10.9. The third-order valence-corrected chi connectivity index (χ3v) is 7.92. The molecule has 0 spiro atoms. The third-order valence-electron chi connectivity index (χ3n) is 5.07. The zero-order chi connectivity index (χ0) is 23.0. The molecule has 166 valence electrons. The van der Waals surface area contributed by atoms with Crippen molar-refractivity contribution in [1.29, 1.82) is 0 Å². The lowest BCUT2D eigenvalue weighted by atomic mass is 10.1. The molecule has 0 saturated carbocycles. The van der Waals surface area contributed by atoms with Crippen LogP contribution in [0.1, 0.15) is 27.2 Å². The van der Waals surface area contributed by atoms with Gasteiger partial charge in [-0.05, 0) is 67.4 Å². The quantitative estimate of drug-likeness (QED) is 0.412. The van der Waals surface area contributed by atoms with Crippen molar-refractivity contribution in [3.63, 3.8) is 0 Å². The van der Waals surface area contributed by atoms with E-state index in [1.807, 2.05) is 13.8 Å². The van der Waals surface area contributed by atoms with E-state index in [0.29, 0.717) is 16.5 Å². The van der Waals surface area contributed by atoms with Crippen molar-refractivity contribution in [2.75, 3.05) is 19.0 Å². The van der Waals surface area contributed by atoms with Crippen LogP contribution in [-0.2, 0) is 16.6 Å². The first kappa shape index (κ1) is 22.2. The first-order valence-electron chi connectivity index (χ1n) is 9.91. The maximum Gasteiger partial charge on any atom is 0.260 e. The minimum Gasteiger partial charge on any atom is -0.467 e. The molecule has 0 atom stereocenters. The van der Waals surface area contributed by atoms with Gasteiger partial charge in [0.25, 0.3) is 5.91 Å². The number of anilines is 1. The zero-order valence-corrected chi connectivity index (χ0v) is 19.8. The number of hydrogen-bond donors (Lipinski definition) is 0. The third kappa shape index (κ3) is 4.19. The number of thiazole rings is 1. The van der Waals surface area contributed by atoms with Crippen molar-refractivity contribution in [3.8, 4) is 0 Å². The Kier molecular flexibility index (Phi) is 5.89. The summed E-state index contributed by atoms with van der Waals surface area (Å²) in [5.41, 5.74) is 3.40. The number of fused-ring (bicyclic) bond motifs is 1. The summed E-state index contributed by atoms with van der Waals surface area (Å²) in [6.07, 6.45) is 1.56. The van der Waals surface area contributed by atoms with E-state index in [2.05, 4.69) is 12.1 Å². The highest BCUT2D eigenvalue weighted by Crippen LogP contribution is 2.33. The molecule has 0 N–H and O–H groups in total. The highest BCUT2D eigenvalue weighted by molar-refractivity contribution is 7.89. The van der Waals surface area contributed by atoms with Gasteiger partial charge in [-0.1, -0.05) is 17.4 Å². The molecule has 0 unspecified atom stereocenters. The Balaban J connectivity index is 1.74. The van der Waals surface area contributed by atoms with Gasteiger partial charge in [0.2, 0.25) is 10.0 Å². The molecular weight excluding hydrogens is 446 g/mol. The predicted octanol–water partition coefficient (Wildman–Crippen LogP) is 4.60. The molecule has 0 aliphatic rings. The molecule has 7 nitrogen and oxygen atoms in total. The van der Waals surface area contributed by atoms with E-state index in [1.54, 1.807) is 23.3 Å². The average molecular weight is 470 g/mol. The number of amides is 1. The van der Waals surface area contributed by atoms with Crippen molar-refractivity contribution in [1.82, 2.24) is 9.29 Å². The molecular formula is C23H23N3O4S2. The van der Waals surface area contributed by atoms with Gasteiger partial charge in [0.15, 0.2) is 5.13 Å². The van der Waals surface area contributed by atoms with Crippen LogP contribution in [0.4, 0.5) is 5.13 Å². The predicted molar refractivity (Wildman–Crippen MR) is 126 cm³/mol. The van der Waals surface area contributed by atoms with Crippen LogP contribution in [0, 0.1) is 13.8 Å². The summed E-state index contributed by atoms with van der Waals surface area (Å²) >= 11 is 1.44. The molecule has 1 amide bonds. The van der Waals surface area contributed by atoms with Crippen molar-refractivity contribution in [2.24, 2.45) is 0 Å². The number of furan rings is 1. The standard InChI is InChI=1S/C23H23N3O4S2/c1-15-12-16(2)21-20(13-15)31-23(24-21)26(14-18-6-5-11-30-18)22(27)17-7-9-19(10-8-17)32(28,29)25(3)4/h5-13H,14H2,1-4H3. The molecule has 0 radical (unpaired) electrons. The molecule has 4 aromatic rings. The van der Waals surface area contributed by atoms with E-state index in [4.69, 9.17) is 9.40 Å². The van der Waals surface area contributed by atoms with E-state index in [-0.39, 0.29) is 17.3 Å². The van der Waals surface area contributed by atoms with Gasteiger partial charge in [0.05, 0.1) is 27.9 Å². The SMILES string of the molecule is Cc1cc(C)c2nc(N(Cc3ccco3)C(=O)c3ccc(S(=O)(=O)N(C)C)cc3)sc2c1. The summed E-state index contributed by atoms with van der Waals surface area (Å²) in [6.45, 7) is 4.24. The van der Waals surface area contributed by atoms with Gasteiger partial charge in [0.1, 0.15) is 5.76 Å². The van der Waals surface area contributed by atoms with Crippen LogP contribution in [0.5, 0.6) is 0 Å². The van der Waals surface area contributed by atoms with Crippen LogP contribution in [0.25, 0.3) is 10.2 Å². The minimum atomic E-state index is -3.58. The Hall–Kier alpha value is -3.01. The summed E-state index contributed by atoms with van der Waals surface area (Å²) in [5, 5.41) is 0.556. The van der Waals surface area contributed by atoms with Gasteiger partial charge in [0, 0.05) is 19.7 Å². The highest BCUT2D eigenvalue weighted by atomic mass is 32.2. The minimum absolute atomic E-state index is 0.128. The smallest absolute Gasteiger partial charge is 0.260 e. The molecule has 0 saturated heterocycles. The lowest BCUT2D eigenvalue weighted by Crippen LogP contribution is -2.30. The zero-order valence-electron chi connectivity index (χ0n) is 18.2. The van der Waals surface area contributed by atoms with E-state index >= 15 is 0 Å². The van der Waals surface area contributed by atoms with E-state index in [1.165, 1.54) is 49.7 Å². The monoisotopic (exact) mass is 469 g/mol. The molecule has 2 aromatic heterocycles. The molecule has 32 heavy (non-hydrogen) atoms. The molecule has 0 aliphatic heterocycles. The number of aryl methyl sites for hydroxylation is 2. The van der Waals surface area contributed by atoms with Gasteiger partial charge in [-0.2, -0.15) is 0 Å². The number of carbonyl (C=O) groups is 1. The van der Waals surface area contributed by atoms with Gasteiger partial charge >= 0.3 is 0 Å². The molecule has 0 aliphatic carbocycles. The van der Waals surface area contributed by atoms with Crippen LogP contribution in [0.15, 0.2) is 64.1 Å². The molecule has 4 rings (SSSR count). The summed E-state index contributed by atoms with van der Waals surface area (Å²) in [7, 11) is -0.639. The lowest BCUT2D eigenvalue weighted by Gasteiger charge is -2.19. The van der Waals surface area contributed by atoms with E-state index in [0.717, 1.165) is 25.6 Å². The molecule has 9 heteroatoms. The Morgan fingerprint density at radius 1 is 1.09 bits per heavy atom. The fourth-order valence-electron chi connectivity index (χ4n) is 3.40. The van der Waals surface area contributed by atoms with Gasteiger partial charge < -0.3 is 4.42 Å². The van der Waals surface area contributed by atoms with Crippen LogP contribution in [-0.4, -0.2) is 37.7 Å². The maximum absolute atomic E-state index is 13.5. The Bertz CT molecular complexity index is 1370. The first-order valence-corrected chi connectivity index (χ1v) is 12.2. The maximum atomic E-state index is 13.5. The summed E-state index contributed by atoms with van der Waals surface area (Å²) in [5.74, 6) is 0.334. The van der Waals surface area contributed by atoms with Crippen LogP contribution < -0.4 is 4.90 Å². The Labute approximate surface area is 191 Å². The highest BCUT2D eigenvalue weighted by Gasteiger charge is 2.24. The van der Waals surface area contributed by atoms with Crippen molar-refractivity contribution >= 4 is 42.6 Å². The van der Waals surface area contributed by atoms with Gasteiger partial charge in [-0.15, -0.1) is 0 Å². The Morgan fingerprint density at radius 3 is 2.44 bits per heavy atom. The fourth-order valence-corrected chi connectivity index (χ4v) is 5.44. The number of rotatable bonds is 6. The number of aromatic nitrogens is 1. The summed E-state index contributed by atoms with van der Waals surface area (Å²) < 4.78 is 32.3.